The normalized spacial score (nSPS) is 18.0. The van der Waals surface area contributed by atoms with Crippen molar-refractivity contribution in [1.29, 1.82) is 0 Å². The molecule has 104 valence electrons. The van der Waals surface area contributed by atoms with Gasteiger partial charge in [-0.25, -0.2) is 0 Å². The van der Waals surface area contributed by atoms with Gasteiger partial charge in [-0.3, -0.25) is 9.59 Å². The van der Waals surface area contributed by atoms with Crippen molar-refractivity contribution >= 4 is 23.2 Å². The van der Waals surface area contributed by atoms with E-state index in [0.717, 1.165) is 4.88 Å². The topological polar surface area (TPSA) is 84.2 Å². The minimum absolute atomic E-state index is 0.0773. The monoisotopic (exact) mass is 291 g/mol. The molecule has 3 heterocycles. The molecule has 0 aromatic carbocycles. The number of hydrogen-bond acceptors (Lipinski definition) is 5. The Labute approximate surface area is 119 Å². The second kappa shape index (κ2) is 5.46. The van der Waals surface area contributed by atoms with Gasteiger partial charge in [0.25, 0.3) is 0 Å². The van der Waals surface area contributed by atoms with Gasteiger partial charge < -0.3 is 15.2 Å². The van der Waals surface area contributed by atoms with E-state index in [1.165, 1.54) is 0 Å². The Balaban J connectivity index is 1.56. The van der Waals surface area contributed by atoms with E-state index in [2.05, 4.69) is 15.8 Å². The standard InChI is InChI=1S/C13H13N3O3S/c17-12-4-3-9(15-12)13(18)14-7-8-6-10(19-16-8)11-2-1-5-20-11/h1-2,5-6,9H,3-4,7H2,(H,14,18)(H,15,17)/t9-/m0/s1. The van der Waals surface area contributed by atoms with Crippen LogP contribution in [0, 0.1) is 0 Å². The highest BCUT2D eigenvalue weighted by atomic mass is 32.1. The summed E-state index contributed by atoms with van der Waals surface area (Å²) in [5.74, 6) is 0.432. The van der Waals surface area contributed by atoms with Crippen LogP contribution in [0.25, 0.3) is 10.6 Å². The molecule has 1 aliphatic rings. The Morgan fingerprint density at radius 3 is 3.20 bits per heavy atom. The molecule has 2 amide bonds. The summed E-state index contributed by atoms with van der Waals surface area (Å²) < 4.78 is 5.22. The minimum atomic E-state index is -0.425. The quantitative estimate of drug-likeness (QED) is 0.889. The van der Waals surface area contributed by atoms with E-state index in [4.69, 9.17) is 4.52 Å². The van der Waals surface area contributed by atoms with Crippen molar-refractivity contribution in [3.8, 4) is 10.6 Å². The zero-order chi connectivity index (χ0) is 13.9. The van der Waals surface area contributed by atoms with E-state index in [9.17, 15) is 9.59 Å². The van der Waals surface area contributed by atoms with Gasteiger partial charge >= 0.3 is 0 Å². The molecule has 2 aromatic rings. The van der Waals surface area contributed by atoms with E-state index in [0.29, 0.717) is 30.8 Å². The number of carbonyl (C=O) groups excluding carboxylic acids is 2. The number of rotatable bonds is 4. The first-order valence-electron chi connectivity index (χ1n) is 6.29. The second-order valence-corrected chi connectivity index (χ2v) is 5.48. The fourth-order valence-electron chi connectivity index (χ4n) is 2.04. The highest BCUT2D eigenvalue weighted by Gasteiger charge is 2.26. The maximum Gasteiger partial charge on any atom is 0.242 e. The number of aromatic nitrogens is 1. The van der Waals surface area contributed by atoms with Crippen LogP contribution < -0.4 is 10.6 Å². The van der Waals surface area contributed by atoms with Gasteiger partial charge in [-0.1, -0.05) is 11.2 Å². The number of nitrogens with one attached hydrogen (secondary N) is 2. The van der Waals surface area contributed by atoms with Gasteiger partial charge in [-0.05, 0) is 17.9 Å². The van der Waals surface area contributed by atoms with Crippen LogP contribution in [0.5, 0.6) is 0 Å². The summed E-state index contributed by atoms with van der Waals surface area (Å²) in [5, 5.41) is 11.2. The van der Waals surface area contributed by atoms with Crippen LogP contribution in [0.2, 0.25) is 0 Å². The summed E-state index contributed by atoms with van der Waals surface area (Å²) >= 11 is 1.57. The molecule has 0 unspecified atom stereocenters. The molecule has 1 saturated heterocycles. The number of nitrogens with zero attached hydrogens (tertiary/aromatic N) is 1. The smallest absolute Gasteiger partial charge is 0.242 e. The maximum atomic E-state index is 11.8. The van der Waals surface area contributed by atoms with Crippen molar-refractivity contribution in [2.45, 2.75) is 25.4 Å². The van der Waals surface area contributed by atoms with Gasteiger partial charge in [0.2, 0.25) is 11.8 Å². The van der Waals surface area contributed by atoms with Crippen molar-refractivity contribution in [3.05, 3.63) is 29.3 Å². The molecule has 20 heavy (non-hydrogen) atoms. The lowest BCUT2D eigenvalue weighted by molar-refractivity contribution is -0.125. The zero-order valence-corrected chi connectivity index (χ0v) is 11.4. The lowest BCUT2D eigenvalue weighted by Gasteiger charge is -2.09. The summed E-state index contributed by atoms with van der Waals surface area (Å²) in [7, 11) is 0. The molecule has 0 spiro atoms. The molecule has 7 heteroatoms. The third kappa shape index (κ3) is 2.72. The van der Waals surface area contributed by atoms with E-state index in [-0.39, 0.29) is 11.8 Å². The van der Waals surface area contributed by atoms with Crippen molar-refractivity contribution in [1.82, 2.24) is 15.8 Å². The Bertz CT molecular complexity index is 621. The first-order valence-corrected chi connectivity index (χ1v) is 7.17. The van der Waals surface area contributed by atoms with Crippen molar-refractivity contribution in [2.75, 3.05) is 0 Å². The van der Waals surface area contributed by atoms with Crippen molar-refractivity contribution in [2.24, 2.45) is 0 Å². The first-order chi connectivity index (χ1) is 9.72. The molecule has 1 aliphatic heterocycles. The van der Waals surface area contributed by atoms with E-state index >= 15 is 0 Å². The fraction of sp³-hybridized carbons (Fsp3) is 0.308. The van der Waals surface area contributed by atoms with Gasteiger partial charge in [0.1, 0.15) is 11.7 Å². The Kier molecular flexibility index (Phi) is 3.51. The summed E-state index contributed by atoms with van der Waals surface area (Å²) in [6.07, 6.45) is 0.953. The van der Waals surface area contributed by atoms with Crippen molar-refractivity contribution in [3.63, 3.8) is 0 Å². The van der Waals surface area contributed by atoms with Gasteiger partial charge in [-0.15, -0.1) is 11.3 Å². The summed E-state index contributed by atoms with van der Waals surface area (Å²) in [4.78, 5) is 23.9. The molecule has 0 radical (unpaired) electrons. The first kappa shape index (κ1) is 12.9. The third-order valence-corrected chi connectivity index (χ3v) is 3.96. The molecule has 2 aromatic heterocycles. The highest BCUT2D eigenvalue weighted by molar-refractivity contribution is 7.13. The molecular formula is C13H13N3O3S. The average molecular weight is 291 g/mol. The lowest BCUT2D eigenvalue weighted by atomic mass is 10.2. The van der Waals surface area contributed by atoms with Gasteiger partial charge in [0.05, 0.1) is 11.4 Å². The zero-order valence-electron chi connectivity index (χ0n) is 10.6. The van der Waals surface area contributed by atoms with Gasteiger partial charge in [0.15, 0.2) is 5.76 Å². The summed E-state index contributed by atoms with van der Waals surface area (Å²) in [5.41, 5.74) is 0.658. The van der Waals surface area contributed by atoms with Crippen LogP contribution in [-0.4, -0.2) is 23.0 Å². The van der Waals surface area contributed by atoms with Crippen LogP contribution in [0.3, 0.4) is 0 Å². The third-order valence-electron chi connectivity index (χ3n) is 3.08. The molecule has 6 nitrogen and oxygen atoms in total. The second-order valence-electron chi connectivity index (χ2n) is 4.54. The number of carbonyl (C=O) groups is 2. The molecule has 2 N–H and O–H groups in total. The molecule has 1 atom stereocenters. The lowest BCUT2D eigenvalue weighted by Crippen LogP contribution is -2.41. The highest BCUT2D eigenvalue weighted by Crippen LogP contribution is 2.25. The van der Waals surface area contributed by atoms with Crippen LogP contribution in [0.4, 0.5) is 0 Å². The van der Waals surface area contributed by atoms with Crippen LogP contribution >= 0.6 is 11.3 Å². The maximum absolute atomic E-state index is 11.8. The predicted molar refractivity (Wildman–Crippen MR) is 72.8 cm³/mol. The summed E-state index contributed by atoms with van der Waals surface area (Å²) in [6, 6.07) is 5.26. The molecule has 3 rings (SSSR count). The van der Waals surface area contributed by atoms with E-state index in [1.807, 2.05) is 17.5 Å². The molecule has 0 saturated carbocycles. The Morgan fingerprint density at radius 2 is 2.50 bits per heavy atom. The van der Waals surface area contributed by atoms with Crippen LogP contribution in [0.15, 0.2) is 28.1 Å². The average Bonchev–Trinajstić information content (AvgIpc) is 3.16. The van der Waals surface area contributed by atoms with Gasteiger partial charge in [-0.2, -0.15) is 0 Å². The van der Waals surface area contributed by atoms with Crippen LogP contribution in [-0.2, 0) is 16.1 Å². The van der Waals surface area contributed by atoms with Crippen LogP contribution in [0.1, 0.15) is 18.5 Å². The largest absolute Gasteiger partial charge is 0.355 e. The number of thiophene rings is 1. The Hall–Kier alpha value is -2.15. The van der Waals surface area contributed by atoms with Crippen molar-refractivity contribution < 1.29 is 14.1 Å². The predicted octanol–water partition coefficient (Wildman–Crippen LogP) is 1.30. The molecular weight excluding hydrogens is 278 g/mol. The fourth-order valence-corrected chi connectivity index (χ4v) is 2.71. The van der Waals surface area contributed by atoms with E-state index < -0.39 is 6.04 Å². The number of hydrogen-bond donors (Lipinski definition) is 2. The molecule has 0 bridgehead atoms. The van der Waals surface area contributed by atoms with Gasteiger partial charge in [0, 0.05) is 12.5 Å². The molecule has 0 aliphatic carbocycles. The minimum Gasteiger partial charge on any atom is -0.355 e. The summed E-state index contributed by atoms with van der Waals surface area (Å²) in [6.45, 7) is 0.292. The SMILES string of the molecule is O=C1CC[C@@H](C(=O)NCc2cc(-c3cccs3)on2)N1. The van der Waals surface area contributed by atoms with E-state index in [1.54, 1.807) is 17.4 Å². The number of amides is 2. The Morgan fingerprint density at radius 1 is 1.60 bits per heavy atom. The molecule has 1 fully saturated rings.